The van der Waals surface area contributed by atoms with E-state index in [1.165, 1.54) is 29.4 Å². The molecule has 6 nitrogen and oxygen atoms in total. The third-order valence-corrected chi connectivity index (χ3v) is 4.94. The largest absolute Gasteiger partial charge is 0.383 e. The van der Waals surface area contributed by atoms with Crippen molar-refractivity contribution in [2.75, 3.05) is 19.3 Å². The Hall–Kier alpha value is -2.18. The van der Waals surface area contributed by atoms with Gasteiger partial charge in [0.15, 0.2) is 0 Å². The predicted octanol–water partition coefficient (Wildman–Crippen LogP) is 1.37. The maximum atomic E-state index is 11.9. The van der Waals surface area contributed by atoms with E-state index in [9.17, 15) is 4.79 Å². The van der Waals surface area contributed by atoms with Crippen LogP contribution in [-0.4, -0.2) is 34.1 Å². The van der Waals surface area contributed by atoms with Gasteiger partial charge in [-0.15, -0.1) is 0 Å². The fraction of sp³-hybridized carbons (Fsp3) is 0.444. The standard InChI is InChI=1S/C18H25N5O/c1-22(16-7-4-14(10-16)11-19)12-13-2-5-15(6-3-13)23-9-8-17(20)21-18(23)24/h2-3,5-6,8-9,14,16H,4,7,10-12,19H2,1H3,(H2,20,21,24). The van der Waals surface area contributed by atoms with E-state index < -0.39 is 0 Å². The second kappa shape index (κ2) is 7.15. The van der Waals surface area contributed by atoms with Gasteiger partial charge in [0.25, 0.3) is 0 Å². The summed E-state index contributed by atoms with van der Waals surface area (Å²) in [6, 6.07) is 10.2. The molecule has 0 aliphatic heterocycles. The highest BCUT2D eigenvalue weighted by molar-refractivity contribution is 5.36. The van der Waals surface area contributed by atoms with Crippen LogP contribution < -0.4 is 17.2 Å². The van der Waals surface area contributed by atoms with Crippen molar-refractivity contribution in [2.45, 2.75) is 31.8 Å². The molecule has 1 saturated carbocycles. The SMILES string of the molecule is CN(Cc1ccc(-n2ccc(N)nc2=O)cc1)C1CCC(CN)C1. The minimum Gasteiger partial charge on any atom is -0.383 e. The summed E-state index contributed by atoms with van der Waals surface area (Å²) in [6.45, 7) is 1.69. The summed E-state index contributed by atoms with van der Waals surface area (Å²) in [5, 5.41) is 0. The first kappa shape index (κ1) is 16.7. The molecule has 2 aromatic rings. The summed E-state index contributed by atoms with van der Waals surface area (Å²) in [5.74, 6) is 0.909. The van der Waals surface area contributed by atoms with Crippen LogP contribution in [0.25, 0.3) is 5.69 Å². The average molecular weight is 327 g/mol. The molecular weight excluding hydrogens is 302 g/mol. The molecule has 0 amide bonds. The molecule has 4 N–H and O–H groups in total. The van der Waals surface area contributed by atoms with E-state index in [2.05, 4.69) is 29.1 Å². The van der Waals surface area contributed by atoms with Crippen LogP contribution >= 0.6 is 0 Å². The lowest BCUT2D eigenvalue weighted by molar-refractivity contribution is 0.232. The molecule has 1 aromatic carbocycles. The van der Waals surface area contributed by atoms with Crippen molar-refractivity contribution in [3.8, 4) is 5.69 Å². The Bertz CT molecular complexity index is 740. The van der Waals surface area contributed by atoms with Gasteiger partial charge < -0.3 is 11.5 Å². The van der Waals surface area contributed by atoms with Gasteiger partial charge in [-0.3, -0.25) is 9.47 Å². The molecule has 1 fully saturated rings. The predicted molar refractivity (Wildman–Crippen MR) is 95.9 cm³/mol. The third-order valence-electron chi connectivity index (χ3n) is 4.94. The first-order valence-electron chi connectivity index (χ1n) is 8.41. The Morgan fingerprint density at radius 2 is 2.00 bits per heavy atom. The van der Waals surface area contributed by atoms with Crippen molar-refractivity contribution in [3.05, 3.63) is 52.6 Å². The van der Waals surface area contributed by atoms with Crippen LogP contribution in [0.3, 0.4) is 0 Å². The number of anilines is 1. The minimum absolute atomic E-state index is 0.238. The first-order valence-corrected chi connectivity index (χ1v) is 8.41. The fourth-order valence-electron chi connectivity index (χ4n) is 3.45. The lowest BCUT2D eigenvalue weighted by Crippen LogP contribution is -2.29. The second-order valence-corrected chi connectivity index (χ2v) is 6.66. The van der Waals surface area contributed by atoms with Crippen LogP contribution in [0.2, 0.25) is 0 Å². The van der Waals surface area contributed by atoms with Gasteiger partial charge in [0.05, 0.1) is 5.69 Å². The highest BCUT2D eigenvalue weighted by Gasteiger charge is 2.26. The van der Waals surface area contributed by atoms with Gasteiger partial charge in [0.2, 0.25) is 0 Å². The van der Waals surface area contributed by atoms with Crippen LogP contribution in [0.1, 0.15) is 24.8 Å². The van der Waals surface area contributed by atoms with E-state index in [0.29, 0.717) is 12.0 Å². The third kappa shape index (κ3) is 3.66. The Morgan fingerprint density at radius 3 is 2.62 bits per heavy atom. The van der Waals surface area contributed by atoms with Crippen LogP contribution in [0.15, 0.2) is 41.3 Å². The Balaban J connectivity index is 1.67. The van der Waals surface area contributed by atoms with E-state index in [-0.39, 0.29) is 11.5 Å². The normalized spacial score (nSPS) is 20.6. The molecule has 0 saturated heterocycles. The summed E-state index contributed by atoms with van der Waals surface area (Å²) in [5.41, 5.74) is 13.0. The molecule has 0 spiro atoms. The van der Waals surface area contributed by atoms with Crippen molar-refractivity contribution >= 4 is 5.82 Å². The maximum Gasteiger partial charge on any atom is 0.354 e. The van der Waals surface area contributed by atoms with Gasteiger partial charge in [-0.25, -0.2) is 4.79 Å². The van der Waals surface area contributed by atoms with Crippen molar-refractivity contribution in [2.24, 2.45) is 11.7 Å². The molecule has 6 heteroatoms. The number of benzene rings is 1. The maximum absolute atomic E-state index is 11.9. The molecule has 0 bridgehead atoms. The van der Waals surface area contributed by atoms with Crippen molar-refractivity contribution < 1.29 is 0 Å². The Morgan fingerprint density at radius 1 is 1.25 bits per heavy atom. The molecule has 2 unspecified atom stereocenters. The van der Waals surface area contributed by atoms with Crippen LogP contribution in [0.5, 0.6) is 0 Å². The molecule has 1 aliphatic rings. The highest BCUT2D eigenvalue weighted by atomic mass is 16.1. The highest BCUT2D eigenvalue weighted by Crippen LogP contribution is 2.28. The topological polar surface area (TPSA) is 90.2 Å². The summed E-state index contributed by atoms with van der Waals surface area (Å²) >= 11 is 0. The number of hydrogen-bond donors (Lipinski definition) is 2. The number of nitrogens with zero attached hydrogens (tertiary/aromatic N) is 3. The van der Waals surface area contributed by atoms with E-state index in [0.717, 1.165) is 18.8 Å². The molecule has 0 radical (unpaired) electrons. The van der Waals surface area contributed by atoms with E-state index in [4.69, 9.17) is 11.5 Å². The molecule has 24 heavy (non-hydrogen) atoms. The summed E-state index contributed by atoms with van der Waals surface area (Å²) in [6.07, 6.45) is 5.30. The minimum atomic E-state index is -0.362. The zero-order chi connectivity index (χ0) is 17.1. The lowest BCUT2D eigenvalue weighted by atomic mass is 10.1. The summed E-state index contributed by atoms with van der Waals surface area (Å²) in [4.78, 5) is 18.0. The van der Waals surface area contributed by atoms with E-state index >= 15 is 0 Å². The van der Waals surface area contributed by atoms with Gasteiger partial charge in [0, 0.05) is 18.8 Å². The van der Waals surface area contributed by atoms with Crippen LogP contribution in [-0.2, 0) is 6.54 Å². The molecule has 1 heterocycles. The van der Waals surface area contributed by atoms with Gasteiger partial charge in [-0.05, 0) is 62.5 Å². The molecule has 1 aliphatic carbocycles. The zero-order valence-electron chi connectivity index (χ0n) is 14.1. The molecule has 2 atom stereocenters. The smallest absolute Gasteiger partial charge is 0.354 e. The van der Waals surface area contributed by atoms with Crippen molar-refractivity contribution in [3.63, 3.8) is 0 Å². The monoisotopic (exact) mass is 327 g/mol. The Labute approximate surface area is 142 Å². The molecular formula is C18H25N5O. The van der Waals surface area contributed by atoms with E-state index in [1.54, 1.807) is 12.3 Å². The number of nitrogens with two attached hydrogens (primary N) is 2. The van der Waals surface area contributed by atoms with Crippen molar-refractivity contribution in [1.29, 1.82) is 0 Å². The molecule has 1 aromatic heterocycles. The van der Waals surface area contributed by atoms with Gasteiger partial charge in [-0.2, -0.15) is 4.98 Å². The Kier molecular flexibility index (Phi) is 4.97. The van der Waals surface area contributed by atoms with Gasteiger partial charge in [-0.1, -0.05) is 12.1 Å². The number of hydrogen-bond acceptors (Lipinski definition) is 5. The zero-order valence-corrected chi connectivity index (χ0v) is 14.1. The lowest BCUT2D eigenvalue weighted by Gasteiger charge is -2.24. The van der Waals surface area contributed by atoms with Crippen molar-refractivity contribution in [1.82, 2.24) is 14.5 Å². The summed E-state index contributed by atoms with van der Waals surface area (Å²) in [7, 11) is 2.17. The number of rotatable bonds is 5. The van der Waals surface area contributed by atoms with Crippen LogP contribution in [0.4, 0.5) is 5.82 Å². The fourth-order valence-corrected chi connectivity index (χ4v) is 3.45. The second-order valence-electron chi connectivity index (χ2n) is 6.66. The molecule has 128 valence electrons. The van der Waals surface area contributed by atoms with Gasteiger partial charge >= 0.3 is 5.69 Å². The van der Waals surface area contributed by atoms with Gasteiger partial charge in [0.1, 0.15) is 5.82 Å². The average Bonchev–Trinajstić information content (AvgIpc) is 3.05. The number of aromatic nitrogens is 2. The quantitative estimate of drug-likeness (QED) is 0.866. The summed E-state index contributed by atoms with van der Waals surface area (Å²) < 4.78 is 1.49. The first-order chi connectivity index (χ1) is 11.6. The number of nitrogen functional groups attached to an aromatic ring is 1. The van der Waals surface area contributed by atoms with Crippen LogP contribution in [0, 0.1) is 5.92 Å². The van der Waals surface area contributed by atoms with E-state index in [1.807, 2.05) is 12.1 Å². The molecule has 3 rings (SSSR count).